The molecule has 1 atom stereocenters. The van der Waals surface area contributed by atoms with E-state index in [1.807, 2.05) is 6.92 Å². The van der Waals surface area contributed by atoms with Gasteiger partial charge >= 0.3 is 0 Å². The fraction of sp³-hybridized carbons (Fsp3) is 0.462. The third-order valence-electron chi connectivity index (χ3n) is 2.51. The Bertz CT molecular complexity index is 431. The number of halogens is 2. The van der Waals surface area contributed by atoms with Gasteiger partial charge in [0.05, 0.1) is 10.2 Å². The van der Waals surface area contributed by atoms with Crippen molar-refractivity contribution in [2.45, 2.75) is 32.7 Å². The lowest BCUT2D eigenvalue weighted by molar-refractivity contribution is -0.123. The second-order valence-electron chi connectivity index (χ2n) is 4.35. The summed E-state index contributed by atoms with van der Waals surface area (Å²) in [6.45, 7) is 3.83. The van der Waals surface area contributed by atoms with Gasteiger partial charge in [-0.15, -0.1) is 0 Å². The van der Waals surface area contributed by atoms with Crippen LogP contribution in [-0.4, -0.2) is 18.6 Å². The number of carbonyl (C=O) groups is 1. The first-order valence-electron chi connectivity index (χ1n) is 6.10. The lowest BCUT2D eigenvalue weighted by atomic mass is 10.2. The summed E-state index contributed by atoms with van der Waals surface area (Å²) >= 11 is 3.15. The molecule has 1 aromatic rings. The SMILES string of the molecule is CCCC(C)NC(=O)COc1c(N)cc(F)cc1Br. The van der Waals surface area contributed by atoms with E-state index in [4.69, 9.17) is 10.5 Å². The fourth-order valence-electron chi connectivity index (χ4n) is 1.69. The van der Waals surface area contributed by atoms with Gasteiger partial charge in [-0.05, 0) is 35.3 Å². The number of nitrogens with two attached hydrogens (primary N) is 1. The summed E-state index contributed by atoms with van der Waals surface area (Å²) in [7, 11) is 0. The third-order valence-corrected chi connectivity index (χ3v) is 3.10. The van der Waals surface area contributed by atoms with E-state index in [-0.39, 0.29) is 30.0 Å². The first kappa shape index (κ1) is 15.8. The van der Waals surface area contributed by atoms with Crippen LogP contribution in [-0.2, 0) is 4.79 Å². The molecule has 0 bridgehead atoms. The predicted molar refractivity (Wildman–Crippen MR) is 76.5 cm³/mol. The van der Waals surface area contributed by atoms with Crippen LogP contribution in [0.4, 0.5) is 10.1 Å². The van der Waals surface area contributed by atoms with E-state index in [1.165, 1.54) is 6.07 Å². The molecule has 0 heterocycles. The van der Waals surface area contributed by atoms with Crippen molar-refractivity contribution < 1.29 is 13.9 Å². The maximum absolute atomic E-state index is 13.0. The van der Waals surface area contributed by atoms with Gasteiger partial charge in [0, 0.05) is 12.1 Å². The highest BCUT2D eigenvalue weighted by Gasteiger charge is 2.12. The third kappa shape index (κ3) is 5.06. The molecule has 0 radical (unpaired) electrons. The van der Waals surface area contributed by atoms with Crippen molar-refractivity contribution in [1.82, 2.24) is 5.32 Å². The summed E-state index contributed by atoms with van der Waals surface area (Å²) in [4.78, 5) is 11.6. The molecular formula is C13H18BrFN2O2. The lowest BCUT2D eigenvalue weighted by Crippen LogP contribution is -2.36. The first-order valence-corrected chi connectivity index (χ1v) is 6.90. The van der Waals surface area contributed by atoms with Gasteiger partial charge in [-0.1, -0.05) is 13.3 Å². The molecule has 0 aliphatic carbocycles. The standard InChI is InChI=1S/C13H18BrFN2O2/c1-3-4-8(2)17-12(18)7-19-13-10(14)5-9(15)6-11(13)16/h5-6,8H,3-4,7,16H2,1-2H3,(H,17,18). The monoisotopic (exact) mass is 332 g/mol. The number of hydrogen-bond acceptors (Lipinski definition) is 3. The highest BCUT2D eigenvalue weighted by molar-refractivity contribution is 9.10. The van der Waals surface area contributed by atoms with Crippen molar-refractivity contribution in [3.63, 3.8) is 0 Å². The van der Waals surface area contributed by atoms with E-state index in [0.29, 0.717) is 4.47 Å². The molecule has 4 nitrogen and oxygen atoms in total. The molecule has 106 valence electrons. The number of nitrogens with one attached hydrogen (secondary N) is 1. The maximum Gasteiger partial charge on any atom is 0.258 e. The summed E-state index contributed by atoms with van der Waals surface area (Å²) in [6, 6.07) is 2.50. The number of hydrogen-bond donors (Lipinski definition) is 2. The van der Waals surface area contributed by atoms with E-state index >= 15 is 0 Å². The van der Waals surface area contributed by atoms with Crippen molar-refractivity contribution >= 4 is 27.5 Å². The summed E-state index contributed by atoms with van der Waals surface area (Å²) in [5.41, 5.74) is 5.78. The van der Waals surface area contributed by atoms with Crippen LogP contribution in [0.15, 0.2) is 16.6 Å². The van der Waals surface area contributed by atoms with E-state index in [2.05, 4.69) is 28.2 Å². The number of carbonyl (C=O) groups excluding carboxylic acids is 1. The molecule has 19 heavy (non-hydrogen) atoms. The van der Waals surface area contributed by atoms with Crippen LogP contribution >= 0.6 is 15.9 Å². The van der Waals surface area contributed by atoms with Gasteiger partial charge in [0.15, 0.2) is 12.4 Å². The van der Waals surface area contributed by atoms with Crippen LogP contribution in [0.3, 0.4) is 0 Å². The van der Waals surface area contributed by atoms with Gasteiger partial charge in [0.1, 0.15) is 5.82 Å². The van der Waals surface area contributed by atoms with Crippen LogP contribution in [0.25, 0.3) is 0 Å². The molecule has 1 unspecified atom stereocenters. The summed E-state index contributed by atoms with van der Waals surface area (Å²) in [5.74, 6) is -0.408. The molecular weight excluding hydrogens is 315 g/mol. The molecule has 1 rings (SSSR count). The predicted octanol–water partition coefficient (Wildman–Crippen LogP) is 2.85. The Morgan fingerprint density at radius 1 is 1.58 bits per heavy atom. The van der Waals surface area contributed by atoms with Gasteiger partial charge in [-0.25, -0.2) is 4.39 Å². The number of benzene rings is 1. The Labute approximate surface area is 120 Å². The Morgan fingerprint density at radius 3 is 2.84 bits per heavy atom. The average Bonchev–Trinajstić information content (AvgIpc) is 2.27. The van der Waals surface area contributed by atoms with E-state index in [0.717, 1.165) is 18.9 Å². The fourth-order valence-corrected chi connectivity index (χ4v) is 2.25. The smallest absolute Gasteiger partial charge is 0.258 e. The molecule has 6 heteroatoms. The molecule has 0 aliphatic heterocycles. The van der Waals surface area contributed by atoms with Crippen LogP contribution in [0, 0.1) is 5.82 Å². The number of amides is 1. The number of ether oxygens (including phenoxy) is 1. The van der Waals surface area contributed by atoms with Crippen LogP contribution < -0.4 is 15.8 Å². The highest BCUT2D eigenvalue weighted by Crippen LogP contribution is 2.32. The second-order valence-corrected chi connectivity index (χ2v) is 5.21. The molecule has 1 amide bonds. The maximum atomic E-state index is 13.0. The summed E-state index contributed by atoms with van der Waals surface area (Å²) in [6.07, 6.45) is 1.91. The number of nitrogen functional groups attached to an aromatic ring is 1. The zero-order valence-corrected chi connectivity index (χ0v) is 12.6. The largest absolute Gasteiger partial charge is 0.480 e. The van der Waals surface area contributed by atoms with Crippen LogP contribution in [0.1, 0.15) is 26.7 Å². The van der Waals surface area contributed by atoms with Crippen LogP contribution in [0.5, 0.6) is 5.75 Å². The van der Waals surface area contributed by atoms with E-state index in [1.54, 1.807) is 0 Å². The van der Waals surface area contributed by atoms with E-state index < -0.39 is 5.82 Å². The zero-order chi connectivity index (χ0) is 14.4. The molecule has 0 saturated carbocycles. The Balaban J connectivity index is 2.55. The Hall–Kier alpha value is -1.30. The molecule has 0 spiro atoms. The van der Waals surface area contributed by atoms with Gasteiger partial charge in [0.2, 0.25) is 0 Å². The van der Waals surface area contributed by atoms with E-state index in [9.17, 15) is 9.18 Å². The molecule has 0 fully saturated rings. The number of rotatable bonds is 6. The number of anilines is 1. The van der Waals surface area contributed by atoms with Gasteiger partial charge in [-0.2, -0.15) is 0 Å². The first-order chi connectivity index (χ1) is 8.93. The zero-order valence-electron chi connectivity index (χ0n) is 11.0. The molecule has 3 N–H and O–H groups in total. The Morgan fingerprint density at radius 2 is 2.26 bits per heavy atom. The second kappa shape index (κ2) is 7.33. The lowest BCUT2D eigenvalue weighted by Gasteiger charge is -2.14. The van der Waals surface area contributed by atoms with Crippen molar-refractivity contribution in [1.29, 1.82) is 0 Å². The van der Waals surface area contributed by atoms with Crippen molar-refractivity contribution in [3.05, 3.63) is 22.4 Å². The minimum absolute atomic E-state index is 0.107. The van der Waals surface area contributed by atoms with Gasteiger partial charge in [-0.3, -0.25) is 4.79 Å². The molecule has 1 aromatic carbocycles. The van der Waals surface area contributed by atoms with Crippen LogP contribution in [0.2, 0.25) is 0 Å². The summed E-state index contributed by atoms with van der Waals surface area (Å²) in [5, 5.41) is 2.81. The highest BCUT2D eigenvalue weighted by atomic mass is 79.9. The minimum Gasteiger partial charge on any atom is -0.480 e. The molecule has 0 saturated heterocycles. The van der Waals surface area contributed by atoms with Crippen molar-refractivity contribution in [2.24, 2.45) is 0 Å². The van der Waals surface area contributed by atoms with Crippen molar-refractivity contribution in [3.8, 4) is 5.75 Å². The van der Waals surface area contributed by atoms with Gasteiger partial charge in [0.25, 0.3) is 5.91 Å². The molecule has 0 aromatic heterocycles. The van der Waals surface area contributed by atoms with Crippen molar-refractivity contribution in [2.75, 3.05) is 12.3 Å². The topological polar surface area (TPSA) is 64.3 Å². The molecule has 0 aliphatic rings. The van der Waals surface area contributed by atoms with Gasteiger partial charge < -0.3 is 15.8 Å². The average molecular weight is 333 g/mol. The quantitative estimate of drug-likeness (QED) is 0.787. The normalized spacial score (nSPS) is 12.0. The Kier molecular flexibility index (Phi) is 6.08. The summed E-state index contributed by atoms with van der Waals surface area (Å²) < 4.78 is 18.7. The minimum atomic E-state index is -0.460.